The van der Waals surface area contributed by atoms with E-state index >= 15 is 0 Å². The summed E-state index contributed by atoms with van der Waals surface area (Å²) < 4.78 is 2.08. The summed E-state index contributed by atoms with van der Waals surface area (Å²) in [6.45, 7) is 4.31. The van der Waals surface area contributed by atoms with E-state index in [0.717, 1.165) is 30.0 Å². The van der Waals surface area contributed by atoms with Crippen LogP contribution in [-0.2, 0) is 4.79 Å². The van der Waals surface area contributed by atoms with Crippen molar-refractivity contribution in [2.24, 2.45) is 0 Å². The highest BCUT2D eigenvalue weighted by atomic mass is 32.2. The van der Waals surface area contributed by atoms with Gasteiger partial charge in [-0.05, 0) is 24.8 Å². The standard InChI is InChI=1S/C14H19N3O2S2/c1-3-4-6-10(2)17-13(11-7-5-8-20-11)15-16-14(17)21-9-12(18)19/h5,7-8,10H,3-4,6,9H2,1-2H3,(H,18,19). The van der Waals surface area contributed by atoms with Gasteiger partial charge in [0.25, 0.3) is 0 Å². The van der Waals surface area contributed by atoms with Crippen molar-refractivity contribution in [1.29, 1.82) is 0 Å². The topological polar surface area (TPSA) is 68.0 Å². The maximum absolute atomic E-state index is 10.8. The molecule has 114 valence electrons. The first-order valence-corrected chi connectivity index (χ1v) is 8.83. The predicted molar refractivity (Wildman–Crippen MR) is 85.9 cm³/mol. The lowest BCUT2D eigenvalue weighted by Gasteiger charge is -2.17. The lowest BCUT2D eigenvalue weighted by molar-refractivity contribution is -0.133. The first-order chi connectivity index (χ1) is 10.1. The van der Waals surface area contributed by atoms with Gasteiger partial charge in [0, 0.05) is 6.04 Å². The number of carbonyl (C=O) groups is 1. The number of carboxylic acids is 1. The maximum Gasteiger partial charge on any atom is 0.313 e. The number of nitrogens with zero attached hydrogens (tertiary/aromatic N) is 3. The van der Waals surface area contributed by atoms with Crippen molar-refractivity contribution >= 4 is 29.1 Å². The molecule has 2 aromatic heterocycles. The molecular weight excluding hydrogens is 306 g/mol. The molecule has 5 nitrogen and oxygen atoms in total. The van der Waals surface area contributed by atoms with E-state index < -0.39 is 5.97 Å². The molecule has 2 heterocycles. The van der Waals surface area contributed by atoms with Crippen molar-refractivity contribution in [1.82, 2.24) is 14.8 Å². The number of hydrogen-bond donors (Lipinski definition) is 1. The molecule has 0 radical (unpaired) electrons. The van der Waals surface area contributed by atoms with Crippen LogP contribution in [0.2, 0.25) is 0 Å². The first-order valence-electron chi connectivity index (χ1n) is 6.96. The van der Waals surface area contributed by atoms with Gasteiger partial charge in [-0.25, -0.2) is 0 Å². The summed E-state index contributed by atoms with van der Waals surface area (Å²) in [7, 11) is 0. The average Bonchev–Trinajstić information content (AvgIpc) is 3.10. The summed E-state index contributed by atoms with van der Waals surface area (Å²) >= 11 is 2.85. The van der Waals surface area contributed by atoms with Gasteiger partial charge in [-0.15, -0.1) is 21.5 Å². The minimum atomic E-state index is -0.839. The zero-order valence-corrected chi connectivity index (χ0v) is 13.8. The number of rotatable bonds is 8. The number of hydrogen-bond acceptors (Lipinski definition) is 5. The normalized spacial score (nSPS) is 12.5. The molecule has 0 saturated carbocycles. The van der Waals surface area contributed by atoms with E-state index in [9.17, 15) is 4.79 Å². The van der Waals surface area contributed by atoms with Crippen molar-refractivity contribution in [2.75, 3.05) is 5.75 Å². The van der Waals surface area contributed by atoms with Crippen molar-refractivity contribution in [3.05, 3.63) is 17.5 Å². The fourth-order valence-electron chi connectivity index (χ4n) is 2.10. The SMILES string of the molecule is CCCCC(C)n1c(SCC(=O)O)nnc1-c1cccs1. The van der Waals surface area contributed by atoms with E-state index in [1.54, 1.807) is 11.3 Å². The number of thioether (sulfide) groups is 1. The number of aromatic nitrogens is 3. The highest BCUT2D eigenvalue weighted by Crippen LogP contribution is 2.31. The summed E-state index contributed by atoms with van der Waals surface area (Å²) in [5, 5.41) is 20.0. The van der Waals surface area contributed by atoms with Crippen LogP contribution in [0, 0.1) is 0 Å². The second kappa shape index (κ2) is 7.61. The lowest BCUT2D eigenvalue weighted by atomic mass is 10.1. The van der Waals surface area contributed by atoms with Gasteiger partial charge in [-0.1, -0.05) is 37.6 Å². The Morgan fingerprint density at radius 1 is 1.52 bits per heavy atom. The van der Waals surface area contributed by atoms with Crippen LogP contribution in [0.1, 0.15) is 39.2 Å². The molecule has 0 aliphatic rings. The molecule has 21 heavy (non-hydrogen) atoms. The molecule has 1 atom stereocenters. The van der Waals surface area contributed by atoms with E-state index in [2.05, 4.69) is 28.6 Å². The second-order valence-corrected chi connectivity index (χ2v) is 6.72. The molecule has 7 heteroatoms. The molecular formula is C14H19N3O2S2. The van der Waals surface area contributed by atoms with Gasteiger partial charge >= 0.3 is 5.97 Å². The summed E-state index contributed by atoms with van der Waals surface area (Å²) in [6, 6.07) is 4.26. The number of carboxylic acid groups (broad SMARTS) is 1. The van der Waals surface area contributed by atoms with Crippen molar-refractivity contribution in [3.63, 3.8) is 0 Å². The van der Waals surface area contributed by atoms with Gasteiger partial charge in [0.1, 0.15) is 0 Å². The Kier molecular flexibility index (Phi) is 5.81. The second-order valence-electron chi connectivity index (χ2n) is 4.83. The van der Waals surface area contributed by atoms with Gasteiger partial charge in [0.15, 0.2) is 11.0 Å². The molecule has 2 aromatic rings. The number of unbranched alkanes of at least 4 members (excludes halogenated alkanes) is 1. The Morgan fingerprint density at radius 2 is 2.33 bits per heavy atom. The fourth-order valence-corrected chi connectivity index (χ4v) is 3.56. The third-order valence-electron chi connectivity index (χ3n) is 3.15. The van der Waals surface area contributed by atoms with E-state index in [1.807, 2.05) is 17.5 Å². The zero-order chi connectivity index (χ0) is 15.2. The van der Waals surface area contributed by atoms with Crippen LogP contribution in [0.4, 0.5) is 0 Å². The first kappa shape index (κ1) is 16.0. The predicted octanol–water partition coefficient (Wildman–Crippen LogP) is 3.93. The van der Waals surface area contributed by atoms with E-state index in [1.165, 1.54) is 11.8 Å². The molecule has 0 saturated heterocycles. The number of aliphatic carboxylic acids is 1. The van der Waals surface area contributed by atoms with Gasteiger partial charge in [0.2, 0.25) is 0 Å². The highest BCUT2D eigenvalue weighted by Gasteiger charge is 2.20. The monoisotopic (exact) mass is 325 g/mol. The van der Waals surface area contributed by atoms with Crippen LogP contribution < -0.4 is 0 Å². The molecule has 0 aliphatic heterocycles. The van der Waals surface area contributed by atoms with Crippen molar-refractivity contribution < 1.29 is 9.90 Å². The molecule has 0 aliphatic carbocycles. The molecule has 0 amide bonds. The minimum Gasteiger partial charge on any atom is -0.481 e. The Morgan fingerprint density at radius 3 is 2.95 bits per heavy atom. The smallest absolute Gasteiger partial charge is 0.313 e. The Hall–Kier alpha value is -1.34. The van der Waals surface area contributed by atoms with Crippen LogP contribution in [0.25, 0.3) is 10.7 Å². The van der Waals surface area contributed by atoms with Gasteiger partial charge in [-0.2, -0.15) is 0 Å². The summed E-state index contributed by atoms with van der Waals surface area (Å²) in [6.07, 6.45) is 3.30. The van der Waals surface area contributed by atoms with Crippen molar-refractivity contribution in [3.8, 4) is 10.7 Å². The van der Waals surface area contributed by atoms with E-state index in [4.69, 9.17) is 5.11 Å². The Labute approximate surface area is 132 Å². The molecule has 0 aromatic carbocycles. The zero-order valence-electron chi connectivity index (χ0n) is 12.2. The van der Waals surface area contributed by atoms with Crippen LogP contribution in [-0.4, -0.2) is 31.6 Å². The van der Waals surface area contributed by atoms with Crippen LogP contribution in [0.3, 0.4) is 0 Å². The molecule has 1 N–H and O–H groups in total. The quantitative estimate of drug-likeness (QED) is 0.745. The summed E-state index contributed by atoms with van der Waals surface area (Å²) in [5.74, 6) is -0.00165. The average molecular weight is 325 g/mol. The van der Waals surface area contributed by atoms with Crippen LogP contribution in [0.15, 0.2) is 22.7 Å². The third kappa shape index (κ3) is 4.07. The number of thiophene rings is 1. The van der Waals surface area contributed by atoms with Crippen LogP contribution in [0.5, 0.6) is 0 Å². The molecule has 0 fully saturated rings. The molecule has 0 spiro atoms. The largest absolute Gasteiger partial charge is 0.481 e. The van der Waals surface area contributed by atoms with Gasteiger partial charge < -0.3 is 5.11 Å². The highest BCUT2D eigenvalue weighted by molar-refractivity contribution is 7.99. The maximum atomic E-state index is 10.8. The van der Waals surface area contributed by atoms with Crippen molar-refractivity contribution in [2.45, 2.75) is 44.3 Å². The minimum absolute atomic E-state index is 0.00305. The summed E-state index contributed by atoms with van der Waals surface area (Å²) in [5.41, 5.74) is 0. The Balaban J connectivity index is 2.30. The lowest BCUT2D eigenvalue weighted by Crippen LogP contribution is -2.09. The molecule has 1 unspecified atom stereocenters. The van der Waals surface area contributed by atoms with E-state index in [0.29, 0.717) is 5.16 Å². The van der Waals surface area contributed by atoms with Gasteiger partial charge in [0.05, 0.1) is 10.6 Å². The fraction of sp³-hybridized carbons (Fsp3) is 0.500. The van der Waals surface area contributed by atoms with Gasteiger partial charge in [-0.3, -0.25) is 9.36 Å². The van der Waals surface area contributed by atoms with Crippen LogP contribution >= 0.6 is 23.1 Å². The summed E-state index contributed by atoms with van der Waals surface area (Å²) in [4.78, 5) is 11.8. The Bertz CT molecular complexity index is 581. The van der Waals surface area contributed by atoms with E-state index in [-0.39, 0.29) is 11.8 Å². The third-order valence-corrected chi connectivity index (χ3v) is 4.94. The molecule has 0 bridgehead atoms. The molecule has 2 rings (SSSR count).